The minimum atomic E-state index is -0.456. The molecular formula is C17H25N7O2S. The summed E-state index contributed by atoms with van der Waals surface area (Å²) in [4.78, 5) is 32.7. The lowest BCUT2D eigenvalue weighted by molar-refractivity contribution is -0.136. The number of nitrogens with zero attached hydrogens (tertiary/aromatic N) is 6. The Morgan fingerprint density at radius 2 is 2.00 bits per heavy atom. The highest BCUT2D eigenvalue weighted by Crippen LogP contribution is 2.19. The van der Waals surface area contributed by atoms with Gasteiger partial charge in [-0.3, -0.25) is 14.0 Å². The quantitative estimate of drug-likeness (QED) is 0.758. The summed E-state index contributed by atoms with van der Waals surface area (Å²) in [6, 6.07) is -0.456. The van der Waals surface area contributed by atoms with Crippen LogP contribution in [0.3, 0.4) is 0 Å². The van der Waals surface area contributed by atoms with E-state index in [4.69, 9.17) is 0 Å². The fourth-order valence-electron chi connectivity index (χ4n) is 3.25. The Morgan fingerprint density at radius 1 is 1.26 bits per heavy atom. The molecule has 0 bridgehead atoms. The Bertz CT molecular complexity index is 817. The van der Waals surface area contributed by atoms with Gasteiger partial charge < -0.3 is 15.1 Å². The monoisotopic (exact) mass is 391 g/mol. The summed E-state index contributed by atoms with van der Waals surface area (Å²) in [5, 5.41) is 11.1. The largest absolute Gasteiger partial charge is 0.350 e. The number of aryl methyl sites for hydroxylation is 1. The summed E-state index contributed by atoms with van der Waals surface area (Å²) in [5.41, 5.74) is 0.728. The first kappa shape index (κ1) is 19.4. The maximum atomic E-state index is 12.8. The van der Waals surface area contributed by atoms with Gasteiger partial charge in [-0.1, -0.05) is 0 Å². The van der Waals surface area contributed by atoms with Crippen molar-refractivity contribution in [3.05, 3.63) is 18.2 Å². The maximum absolute atomic E-state index is 12.8. The van der Waals surface area contributed by atoms with Crippen LogP contribution in [0.4, 0.5) is 5.82 Å². The van der Waals surface area contributed by atoms with Crippen molar-refractivity contribution in [3.63, 3.8) is 0 Å². The Hall–Kier alpha value is -2.36. The highest BCUT2D eigenvalue weighted by Gasteiger charge is 2.29. The third-order valence-electron chi connectivity index (χ3n) is 4.66. The third kappa shape index (κ3) is 4.32. The Labute approximate surface area is 162 Å². The topological polar surface area (TPSA) is 95.7 Å². The van der Waals surface area contributed by atoms with E-state index in [1.165, 1.54) is 6.92 Å². The molecule has 1 fully saturated rings. The van der Waals surface area contributed by atoms with Gasteiger partial charge in [0.05, 0.1) is 0 Å². The lowest BCUT2D eigenvalue weighted by Gasteiger charge is -2.37. The van der Waals surface area contributed by atoms with E-state index in [9.17, 15) is 9.59 Å². The number of carbonyl (C=O) groups excluding carboxylic acids is 2. The minimum Gasteiger partial charge on any atom is -0.350 e. The van der Waals surface area contributed by atoms with Crippen LogP contribution < -0.4 is 10.2 Å². The smallest absolute Gasteiger partial charge is 0.245 e. The zero-order chi connectivity index (χ0) is 19.4. The van der Waals surface area contributed by atoms with Gasteiger partial charge in [0.15, 0.2) is 5.82 Å². The van der Waals surface area contributed by atoms with Gasteiger partial charge in [-0.25, -0.2) is 4.98 Å². The number of amides is 2. The van der Waals surface area contributed by atoms with Crippen molar-refractivity contribution >= 4 is 35.0 Å². The van der Waals surface area contributed by atoms with Crippen molar-refractivity contribution in [3.8, 4) is 0 Å². The van der Waals surface area contributed by atoms with Crippen molar-refractivity contribution in [2.75, 3.05) is 43.1 Å². The number of thioether (sulfide) groups is 1. The first-order valence-electron chi connectivity index (χ1n) is 8.97. The summed E-state index contributed by atoms with van der Waals surface area (Å²) in [6.45, 7) is 5.86. The van der Waals surface area contributed by atoms with Crippen LogP contribution in [0.5, 0.6) is 0 Å². The first-order chi connectivity index (χ1) is 13.0. The standard InChI is InChI=1S/C17H25N7O2S/c1-12-20-21-16-15(18-5-6-24(12)16)22-7-9-23(10-8-22)17(26)14(4-11-27-3)19-13(2)25/h5-6,14H,4,7-11H2,1-3H3,(H,19,25). The number of hydrogen-bond donors (Lipinski definition) is 1. The minimum absolute atomic E-state index is 0.0107. The van der Waals surface area contributed by atoms with E-state index in [0.29, 0.717) is 32.6 Å². The summed E-state index contributed by atoms with van der Waals surface area (Å²) in [6.07, 6.45) is 6.22. The van der Waals surface area contributed by atoms with Gasteiger partial charge >= 0.3 is 0 Å². The summed E-state index contributed by atoms with van der Waals surface area (Å²) in [5.74, 6) is 2.24. The van der Waals surface area contributed by atoms with Crippen LogP contribution in [0.25, 0.3) is 5.65 Å². The highest BCUT2D eigenvalue weighted by atomic mass is 32.2. The van der Waals surface area contributed by atoms with Gasteiger partial charge in [0, 0.05) is 45.5 Å². The number of fused-ring (bicyclic) bond motifs is 1. The van der Waals surface area contributed by atoms with Crippen molar-refractivity contribution < 1.29 is 9.59 Å². The van der Waals surface area contributed by atoms with Crippen LogP contribution in [0, 0.1) is 6.92 Å². The summed E-state index contributed by atoms with van der Waals surface area (Å²) < 4.78 is 1.91. The number of anilines is 1. The second kappa shape index (κ2) is 8.55. The molecule has 1 saturated heterocycles. The average molecular weight is 392 g/mol. The SMILES string of the molecule is CSCCC(NC(C)=O)C(=O)N1CCN(c2nccn3c(C)nnc23)CC1. The van der Waals surface area contributed by atoms with Crippen LogP contribution in [0.15, 0.2) is 12.4 Å². The molecule has 2 amide bonds. The van der Waals surface area contributed by atoms with Crippen LogP contribution >= 0.6 is 11.8 Å². The molecule has 0 aliphatic carbocycles. The van der Waals surface area contributed by atoms with Gasteiger partial charge in [0.25, 0.3) is 0 Å². The van der Waals surface area contributed by atoms with Gasteiger partial charge in [-0.15, -0.1) is 10.2 Å². The third-order valence-corrected chi connectivity index (χ3v) is 5.30. The van der Waals surface area contributed by atoms with Crippen molar-refractivity contribution in [2.45, 2.75) is 26.3 Å². The fraction of sp³-hybridized carbons (Fsp3) is 0.588. The van der Waals surface area contributed by atoms with E-state index in [2.05, 4.69) is 25.4 Å². The highest BCUT2D eigenvalue weighted by molar-refractivity contribution is 7.98. The number of nitrogens with one attached hydrogen (secondary N) is 1. The first-order valence-corrected chi connectivity index (χ1v) is 10.4. The number of carbonyl (C=O) groups is 2. The molecule has 10 heteroatoms. The van der Waals surface area contributed by atoms with E-state index >= 15 is 0 Å². The van der Waals surface area contributed by atoms with Gasteiger partial charge in [-0.2, -0.15) is 11.8 Å². The Morgan fingerprint density at radius 3 is 2.67 bits per heavy atom. The molecule has 1 aliphatic rings. The summed E-state index contributed by atoms with van der Waals surface area (Å²) in [7, 11) is 0. The molecule has 2 aromatic rings. The van der Waals surface area contributed by atoms with Gasteiger partial charge in [-0.05, 0) is 25.4 Å². The Kier molecular flexibility index (Phi) is 6.15. The number of hydrogen-bond acceptors (Lipinski definition) is 7. The van der Waals surface area contributed by atoms with Crippen LogP contribution in [-0.4, -0.2) is 80.5 Å². The molecule has 1 aliphatic heterocycles. The molecule has 2 aromatic heterocycles. The molecule has 0 spiro atoms. The van der Waals surface area contributed by atoms with Crippen molar-refractivity contribution in [1.29, 1.82) is 0 Å². The van der Waals surface area contributed by atoms with E-state index in [1.54, 1.807) is 18.0 Å². The predicted molar refractivity (Wildman–Crippen MR) is 105 cm³/mol. The van der Waals surface area contributed by atoms with Crippen LogP contribution in [0.2, 0.25) is 0 Å². The molecular weight excluding hydrogens is 366 g/mol. The second-order valence-electron chi connectivity index (χ2n) is 6.54. The molecule has 9 nitrogen and oxygen atoms in total. The molecule has 146 valence electrons. The van der Waals surface area contributed by atoms with E-state index in [1.807, 2.05) is 28.7 Å². The Balaban J connectivity index is 1.66. The molecule has 0 saturated carbocycles. The molecule has 0 aromatic carbocycles. The molecule has 1 N–H and O–H groups in total. The van der Waals surface area contributed by atoms with Gasteiger partial charge in [0.2, 0.25) is 17.5 Å². The zero-order valence-electron chi connectivity index (χ0n) is 15.9. The van der Waals surface area contributed by atoms with Crippen molar-refractivity contribution in [2.24, 2.45) is 0 Å². The maximum Gasteiger partial charge on any atom is 0.245 e. The zero-order valence-corrected chi connectivity index (χ0v) is 16.7. The number of rotatable bonds is 6. The van der Waals surface area contributed by atoms with Crippen LogP contribution in [-0.2, 0) is 9.59 Å². The summed E-state index contributed by atoms with van der Waals surface area (Å²) >= 11 is 1.67. The van der Waals surface area contributed by atoms with Gasteiger partial charge in [0.1, 0.15) is 11.9 Å². The average Bonchev–Trinajstić information content (AvgIpc) is 3.05. The molecule has 3 heterocycles. The fourth-order valence-corrected chi connectivity index (χ4v) is 3.72. The molecule has 27 heavy (non-hydrogen) atoms. The second-order valence-corrected chi connectivity index (χ2v) is 7.52. The van der Waals surface area contributed by atoms with E-state index in [-0.39, 0.29) is 11.8 Å². The molecule has 1 unspecified atom stereocenters. The van der Waals surface area contributed by atoms with E-state index in [0.717, 1.165) is 23.0 Å². The molecule has 0 radical (unpaired) electrons. The number of piperazine rings is 1. The molecule has 3 rings (SSSR count). The van der Waals surface area contributed by atoms with Crippen molar-refractivity contribution in [1.82, 2.24) is 29.8 Å². The van der Waals surface area contributed by atoms with E-state index < -0.39 is 6.04 Å². The molecule has 1 atom stereocenters. The lowest BCUT2D eigenvalue weighted by atomic mass is 10.1. The van der Waals surface area contributed by atoms with Crippen LogP contribution in [0.1, 0.15) is 19.2 Å². The lowest BCUT2D eigenvalue weighted by Crippen LogP contribution is -2.55. The number of aromatic nitrogens is 4. The predicted octanol–water partition coefficient (Wildman–Crippen LogP) is 0.339. The normalized spacial score (nSPS) is 15.8.